The average Bonchev–Trinajstić information content (AvgIpc) is 2.91. The quantitative estimate of drug-likeness (QED) is 0.898. The molecule has 0 unspecified atom stereocenters. The number of hydrogen-bond acceptors (Lipinski definition) is 3. The highest BCUT2D eigenvalue weighted by molar-refractivity contribution is 6.31. The van der Waals surface area contributed by atoms with Crippen LogP contribution in [-0.4, -0.2) is 25.5 Å². The smallest absolute Gasteiger partial charge is 0.222 e. The Morgan fingerprint density at radius 1 is 1.47 bits per heavy atom. The Bertz CT molecular complexity index is 555. The van der Waals surface area contributed by atoms with Gasteiger partial charge in [0.15, 0.2) is 0 Å². The Labute approximate surface area is 116 Å². The molecular formula is C12H16ClN5O. The van der Waals surface area contributed by atoms with Gasteiger partial charge >= 0.3 is 0 Å². The molecule has 7 heteroatoms. The van der Waals surface area contributed by atoms with Gasteiger partial charge in [-0.1, -0.05) is 11.6 Å². The Morgan fingerprint density at radius 3 is 2.84 bits per heavy atom. The lowest BCUT2D eigenvalue weighted by Crippen LogP contribution is -2.23. The number of halogens is 1. The third-order valence-electron chi connectivity index (χ3n) is 2.70. The van der Waals surface area contributed by atoms with E-state index < -0.39 is 0 Å². The molecule has 2 aromatic heterocycles. The molecule has 0 radical (unpaired) electrons. The zero-order valence-electron chi connectivity index (χ0n) is 10.9. The Balaban J connectivity index is 1.75. The predicted molar refractivity (Wildman–Crippen MR) is 71.6 cm³/mol. The number of carbonyl (C=O) groups excluding carboxylic acids is 1. The average molecular weight is 282 g/mol. The number of nitrogens with one attached hydrogen (secondary N) is 1. The summed E-state index contributed by atoms with van der Waals surface area (Å²) in [6, 6.07) is 0. The van der Waals surface area contributed by atoms with Crippen LogP contribution >= 0.6 is 11.6 Å². The number of carbonyl (C=O) groups is 1. The van der Waals surface area contributed by atoms with E-state index in [2.05, 4.69) is 15.5 Å². The van der Waals surface area contributed by atoms with Gasteiger partial charge in [-0.25, -0.2) is 0 Å². The van der Waals surface area contributed by atoms with Gasteiger partial charge < -0.3 is 5.32 Å². The molecule has 2 rings (SSSR count). The van der Waals surface area contributed by atoms with E-state index in [4.69, 9.17) is 11.6 Å². The van der Waals surface area contributed by atoms with Crippen LogP contribution in [0.3, 0.4) is 0 Å². The number of aryl methyl sites for hydroxylation is 3. The third-order valence-corrected chi connectivity index (χ3v) is 3.07. The van der Waals surface area contributed by atoms with E-state index in [0.717, 1.165) is 11.3 Å². The van der Waals surface area contributed by atoms with E-state index >= 15 is 0 Å². The van der Waals surface area contributed by atoms with Crippen molar-refractivity contribution in [1.29, 1.82) is 0 Å². The summed E-state index contributed by atoms with van der Waals surface area (Å²) in [4.78, 5) is 11.7. The second kappa shape index (κ2) is 5.88. The van der Waals surface area contributed by atoms with Crippen LogP contribution in [0.15, 0.2) is 18.6 Å². The first-order valence-corrected chi connectivity index (χ1v) is 6.36. The fraction of sp³-hybridized carbons (Fsp3) is 0.417. The Morgan fingerprint density at radius 2 is 2.26 bits per heavy atom. The van der Waals surface area contributed by atoms with Gasteiger partial charge in [-0.05, 0) is 6.92 Å². The predicted octanol–water partition coefficient (Wildman–Crippen LogP) is 1.28. The summed E-state index contributed by atoms with van der Waals surface area (Å²) in [5.74, 6) is -0.0203. The highest BCUT2D eigenvalue weighted by Gasteiger charge is 2.05. The fourth-order valence-corrected chi connectivity index (χ4v) is 1.83. The molecule has 0 aromatic carbocycles. The molecule has 1 amide bonds. The van der Waals surface area contributed by atoms with Crippen molar-refractivity contribution in [2.75, 3.05) is 0 Å². The normalized spacial score (nSPS) is 10.7. The third kappa shape index (κ3) is 3.82. The van der Waals surface area contributed by atoms with Crippen LogP contribution in [0.25, 0.3) is 0 Å². The van der Waals surface area contributed by atoms with Crippen molar-refractivity contribution in [2.24, 2.45) is 7.05 Å². The van der Waals surface area contributed by atoms with Crippen LogP contribution in [0.2, 0.25) is 5.02 Å². The van der Waals surface area contributed by atoms with E-state index in [9.17, 15) is 4.79 Å². The van der Waals surface area contributed by atoms with E-state index in [1.165, 1.54) is 0 Å². The van der Waals surface area contributed by atoms with Crippen molar-refractivity contribution >= 4 is 17.5 Å². The van der Waals surface area contributed by atoms with Gasteiger partial charge in [-0.2, -0.15) is 10.2 Å². The lowest BCUT2D eigenvalue weighted by atomic mass is 10.3. The first-order valence-electron chi connectivity index (χ1n) is 5.98. The highest BCUT2D eigenvalue weighted by Crippen LogP contribution is 2.12. The van der Waals surface area contributed by atoms with Gasteiger partial charge in [0.05, 0.1) is 16.9 Å². The molecule has 0 bridgehead atoms. The Hall–Kier alpha value is -1.82. The maximum absolute atomic E-state index is 11.7. The van der Waals surface area contributed by atoms with E-state index in [1.54, 1.807) is 21.8 Å². The summed E-state index contributed by atoms with van der Waals surface area (Å²) in [5, 5.41) is 11.7. The molecule has 0 aliphatic heterocycles. The van der Waals surface area contributed by atoms with E-state index in [0.29, 0.717) is 24.5 Å². The van der Waals surface area contributed by atoms with E-state index in [-0.39, 0.29) is 5.91 Å². The van der Waals surface area contributed by atoms with Crippen LogP contribution < -0.4 is 5.32 Å². The zero-order valence-corrected chi connectivity index (χ0v) is 11.7. The SMILES string of the molecule is Cc1nn(CCC(=O)NCc2cnn(C)c2)cc1Cl. The molecule has 6 nitrogen and oxygen atoms in total. The summed E-state index contributed by atoms with van der Waals surface area (Å²) in [6.07, 6.45) is 5.71. The fourth-order valence-electron chi connectivity index (χ4n) is 1.68. The number of nitrogens with zero attached hydrogens (tertiary/aromatic N) is 4. The number of rotatable bonds is 5. The lowest BCUT2D eigenvalue weighted by Gasteiger charge is -2.03. The number of hydrogen-bond donors (Lipinski definition) is 1. The largest absolute Gasteiger partial charge is 0.352 e. The molecule has 19 heavy (non-hydrogen) atoms. The minimum atomic E-state index is -0.0203. The highest BCUT2D eigenvalue weighted by atomic mass is 35.5. The molecule has 2 aromatic rings. The van der Waals surface area contributed by atoms with E-state index in [1.807, 2.05) is 20.2 Å². The van der Waals surface area contributed by atoms with Crippen molar-refractivity contribution in [3.8, 4) is 0 Å². The molecule has 0 aliphatic carbocycles. The molecule has 0 aliphatic rings. The van der Waals surface area contributed by atoms with Crippen molar-refractivity contribution in [3.63, 3.8) is 0 Å². The van der Waals surface area contributed by atoms with Gasteiger partial charge in [0, 0.05) is 44.5 Å². The molecule has 102 valence electrons. The first kappa shape index (κ1) is 13.6. The molecule has 0 saturated heterocycles. The van der Waals surface area contributed by atoms with Gasteiger partial charge in [-0.3, -0.25) is 14.2 Å². The van der Waals surface area contributed by atoms with Crippen LogP contribution in [0.1, 0.15) is 17.7 Å². The van der Waals surface area contributed by atoms with Crippen LogP contribution in [0, 0.1) is 6.92 Å². The van der Waals surface area contributed by atoms with Gasteiger partial charge in [-0.15, -0.1) is 0 Å². The standard InChI is InChI=1S/C12H16ClN5O/c1-9-11(13)8-18(16-9)4-3-12(19)14-5-10-6-15-17(2)7-10/h6-8H,3-5H2,1-2H3,(H,14,19). The Kier molecular flexibility index (Phi) is 4.21. The molecule has 0 spiro atoms. The maximum Gasteiger partial charge on any atom is 0.222 e. The first-order chi connectivity index (χ1) is 9.04. The van der Waals surface area contributed by atoms with Crippen LogP contribution in [0.5, 0.6) is 0 Å². The number of aromatic nitrogens is 4. The molecule has 0 fully saturated rings. The molecule has 1 N–H and O–H groups in total. The van der Waals surface area contributed by atoms with Gasteiger partial charge in [0.1, 0.15) is 0 Å². The molecular weight excluding hydrogens is 266 g/mol. The molecule has 0 atom stereocenters. The van der Waals surface area contributed by atoms with Crippen molar-refractivity contribution in [1.82, 2.24) is 24.9 Å². The summed E-state index contributed by atoms with van der Waals surface area (Å²) >= 11 is 5.90. The number of amides is 1. The second-order valence-electron chi connectivity index (χ2n) is 4.37. The molecule has 0 saturated carbocycles. The minimum absolute atomic E-state index is 0.0203. The summed E-state index contributed by atoms with van der Waals surface area (Å²) in [5.41, 5.74) is 1.76. The monoisotopic (exact) mass is 281 g/mol. The summed E-state index contributed by atoms with van der Waals surface area (Å²) in [7, 11) is 1.84. The zero-order chi connectivity index (χ0) is 13.8. The lowest BCUT2D eigenvalue weighted by molar-refractivity contribution is -0.121. The summed E-state index contributed by atoms with van der Waals surface area (Å²) < 4.78 is 3.39. The van der Waals surface area contributed by atoms with Crippen molar-refractivity contribution in [2.45, 2.75) is 26.4 Å². The van der Waals surface area contributed by atoms with Crippen molar-refractivity contribution in [3.05, 3.63) is 34.9 Å². The van der Waals surface area contributed by atoms with Crippen molar-refractivity contribution < 1.29 is 4.79 Å². The summed E-state index contributed by atoms with van der Waals surface area (Å²) in [6.45, 7) is 2.85. The van der Waals surface area contributed by atoms with Gasteiger partial charge in [0.2, 0.25) is 5.91 Å². The topological polar surface area (TPSA) is 64.7 Å². The van der Waals surface area contributed by atoms with Gasteiger partial charge in [0.25, 0.3) is 0 Å². The minimum Gasteiger partial charge on any atom is -0.352 e. The van der Waals surface area contributed by atoms with Crippen LogP contribution in [0.4, 0.5) is 0 Å². The maximum atomic E-state index is 11.7. The van der Waals surface area contributed by atoms with Crippen LogP contribution in [-0.2, 0) is 24.9 Å². The molecule has 2 heterocycles. The second-order valence-corrected chi connectivity index (χ2v) is 4.78.